The van der Waals surface area contributed by atoms with Gasteiger partial charge in [0, 0.05) is 61.3 Å². The van der Waals surface area contributed by atoms with Crippen LogP contribution in [0.2, 0.25) is 0 Å². The lowest BCUT2D eigenvalue weighted by Crippen LogP contribution is -2.11. The third kappa shape index (κ3) is 9.43. The van der Waals surface area contributed by atoms with Gasteiger partial charge < -0.3 is 18.6 Å². The highest BCUT2D eigenvalue weighted by atomic mass is 16.3. The molecule has 2 heterocycles. The van der Waals surface area contributed by atoms with Crippen LogP contribution in [-0.4, -0.2) is 0 Å². The van der Waals surface area contributed by atoms with Gasteiger partial charge in [0.1, 0.15) is 22.3 Å². The van der Waals surface area contributed by atoms with Crippen molar-refractivity contribution in [2.45, 2.75) is 0 Å². The van der Waals surface area contributed by atoms with E-state index in [1.807, 2.05) is 12.1 Å². The number of anilines is 6. The normalized spacial score (nSPS) is 11.6. The summed E-state index contributed by atoms with van der Waals surface area (Å²) in [6.07, 6.45) is 0. The van der Waals surface area contributed by atoms with Gasteiger partial charge in [-0.15, -0.1) is 0 Å². The molecule has 17 rings (SSSR count). The van der Waals surface area contributed by atoms with Crippen molar-refractivity contribution in [2.75, 3.05) is 9.80 Å². The summed E-state index contributed by atoms with van der Waals surface area (Å²) in [6.45, 7) is 0. The number of hydrogen-bond donors (Lipinski definition) is 0. The predicted molar refractivity (Wildman–Crippen MR) is 378 cm³/mol. The van der Waals surface area contributed by atoms with E-state index in [1.54, 1.807) is 0 Å². The standard InChI is InChI=1S/C86H56N2O2/c1-5-18-57(19-6-1)60-32-41-69(42-33-60)87(70-45-37-64(38-46-70)77-55-85-79(74-29-15-16-31-83(74)89-85)53-76(77)62-23-9-3-10-24-62)81-30-17-28-68-50-66(39-48-73(68)81)67-40-49-75-80-54-78(63-25-11-4-12-26-63)82(56-86(80)90-84(75)52-67)88(72-47-36-59-22-13-14-27-65(59)51-72)71-43-34-61(35-44-71)58-20-7-2-8-21-58/h1-56H. The number of rotatable bonds is 12. The molecule has 422 valence electrons. The molecule has 4 nitrogen and oxygen atoms in total. The van der Waals surface area contributed by atoms with E-state index in [4.69, 9.17) is 8.83 Å². The van der Waals surface area contributed by atoms with E-state index in [9.17, 15) is 0 Å². The molecular formula is C86H56N2O2. The fourth-order valence-electron chi connectivity index (χ4n) is 13.4. The Morgan fingerprint density at radius 3 is 1.23 bits per heavy atom. The van der Waals surface area contributed by atoms with E-state index < -0.39 is 0 Å². The molecular weight excluding hydrogens is 1090 g/mol. The smallest absolute Gasteiger partial charge is 0.137 e. The lowest BCUT2D eigenvalue weighted by Gasteiger charge is -2.28. The van der Waals surface area contributed by atoms with Crippen LogP contribution in [0.3, 0.4) is 0 Å². The summed E-state index contributed by atoms with van der Waals surface area (Å²) in [4.78, 5) is 4.77. The highest BCUT2D eigenvalue weighted by Gasteiger charge is 2.23. The number of fused-ring (bicyclic) bond motifs is 8. The van der Waals surface area contributed by atoms with E-state index >= 15 is 0 Å². The molecule has 17 aromatic rings. The third-order valence-electron chi connectivity index (χ3n) is 17.8. The average molecular weight is 1150 g/mol. The summed E-state index contributed by atoms with van der Waals surface area (Å²) in [7, 11) is 0. The van der Waals surface area contributed by atoms with Gasteiger partial charge >= 0.3 is 0 Å². The zero-order valence-electron chi connectivity index (χ0n) is 49.0. The van der Waals surface area contributed by atoms with Gasteiger partial charge in [-0.2, -0.15) is 0 Å². The lowest BCUT2D eigenvalue weighted by molar-refractivity contribution is 0.668. The van der Waals surface area contributed by atoms with Crippen molar-refractivity contribution in [3.05, 3.63) is 340 Å². The first kappa shape index (κ1) is 52.4. The van der Waals surface area contributed by atoms with Crippen LogP contribution in [0.25, 0.3) is 132 Å². The Morgan fingerprint density at radius 1 is 0.178 bits per heavy atom. The molecule has 0 radical (unpaired) electrons. The fourth-order valence-corrected chi connectivity index (χ4v) is 13.4. The first-order chi connectivity index (χ1) is 44.6. The van der Waals surface area contributed by atoms with Gasteiger partial charge in [0.15, 0.2) is 0 Å². The second kappa shape index (κ2) is 22.1. The summed E-state index contributed by atoms with van der Waals surface area (Å²) in [5.41, 5.74) is 23.4. The monoisotopic (exact) mass is 1150 g/mol. The number of hydrogen-bond acceptors (Lipinski definition) is 4. The zero-order chi connectivity index (χ0) is 59.5. The number of nitrogens with zero attached hydrogens (tertiary/aromatic N) is 2. The Kier molecular flexibility index (Phi) is 12.8. The maximum atomic E-state index is 7.05. The van der Waals surface area contributed by atoms with Crippen LogP contribution >= 0.6 is 0 Å². The van der Waals surface area contributed by atoms with Crippen molar-refractivity contribution in [2.24, 2.45) is 0 Å². The van der Waals surface area contributed by atoms with Crippen molar-refractivity contribution in [3.8, 4) is 66.8 Å². The number of furan rings is 2. The molecule has 0 aliphatic heterocycles. The minimum Gasteiger partial charge on any atom is -0.456 e. The predicted octanol–water partition coefficient (Wildman–Crippen LogP) is 24.7. The van der Waals surface area contributed by atoms with Gasteiger partial charge in [-0.1, -0.05) is 237 Å². The van der Waals surface area contributed by atoms with Gasteiger partial charge in [0.2, 0.25) is 0 Å². The summed E-state index contributed by atoms with van der Waals surface area (Å²) in [6, 6.07) is 122. The largest absolute Gasteiger partial charge is 0.456 e. The van der Waals surface area contributed by atoms with Crippen molar-refractivity contribution >= 4 is 99.5 Å². The molecule has 0 atom stereocenters. The van der Waals surface area contributed by atoms with Crippen LogP contribution in [0.5, 0.6) is 0 Å². The Hall–Kier alpha value is -12.0. The van der Waals surface area contributed by atoms with Gasteiger partial charge in [-0.3, -0.25) is 0 Å². The maximum absolute atomic E-state index is 7.05. The molecule has 0 fully saturated rings. The molecule has 0 N–H and O–H groups in total. The average Bonchev–Trinajstić information content (AvgIpc) is 1.61. The third-order valence-corrected chi connectivity index (χ3v) is 17.8. The fraction of sp³-hybridized carbons (Fsp3) is 0. The van der Waals surface area contributed by atoms with Crippen LogP contribution in [0.1, 0.15) is 0 Å². The second-order valence-electron chi connectivity index (χ2n) is 23.2. The molecule has 0 unspecified atom stereocenters. The Bertz CT molecular complexity index is 5500. The van der Waals surface area contributed by atoms with Crippen molar-refractivity contribution in [1.82, 2.24) is 0 Å². The van der Waals surface area contributed by atoms with Crippen LogP contribution in [0.4, 0.5) is 34.1 Å². The first-order valence-corrected chi connectivity index (χ1v) is 30.7. The van der Waals surface area contributed by atoms with Gasteiger partial charge in [0.25, 0.3) is 0 Å². The molecule has 0 saturated carbocycles. The maximum Gasteiger partial charge on any atom is 0.137 e. The van der Waals surface area contributed by atoms with Crippen LogP contribution < -0.4 is 9.80 Å². The Labute approximate surface area is 521 Å². The number of para-hydroxylation sites is 1. The summed E-state index contributed by atoms with van der Waals surface area (Å²) in [5.74, 6) is 0. The molecule has 15 aromatic carbocycles. The van der Waals surface area contributed by atoms with Gasteiger partial charge in [-0.05, 0) is 174 Å². The molecule has 0 aliphatic carbocycles. The van der Waals surface area contributed by atoms with E-state index in [0.717, 1.165) is 144 Å². The van der Waals surface area contributed by atoms with E-state index in [2.05, 4.69) is 337 Å². The van der Waals surface area contributed by atoms with Gasteiger partial charge in [0.05, 0.1) is 11.4 Å². The zero-order valence-corrected chi connectivity index (χ0v) is 49.0. The quantitative estimate of drug-likeness (QED) is 0.122. The van der Waals surface area contributed by atoms with Crippen molar-refractivity contribution < 1.29 is 8.83 Å². The molecule has 0 saturated heterocycles. The van der Waals surface area contributed by atoms with Gasteiger partial charge in [-0.25, -0.2) is 0 Å². The number of benzene rings is 15. The SMILES string of the molecule is c1ccc(-c2ccc(N(c3ccc4ccccc4c3)c3cc4oc5cc(-c6ccc7c(N(c8ccc(-c9ccccc9)cc8)c8ccc(-c9cc%10oc%11ccccc%11c%10cc9-c9ccccc9)cc8)cccc7c6)ccc5c4cc3-c3ccccc3)cc2)cc1. The van der Waals surface area contributed by atoms with Crippen LogP contribution in [0.15, 0.2) is 349 Å². The van der Waals surface area contributed by atoms with Crippen LogP contribution in [0, 0.1) is 0 Å². The highest BCUT2D eigenvalue weighted by Crippen LogP contribution is 2.48. The van der Waals surface area contributed by atoms with Crippen LogP contribution in [-0.2, 0) is 0 Å². The Morgan fingerprint density at radius 2 is 0.589 bits per heavy atom. The summed E-state index contributed by atoms with van der Waals surface area (Å²) < 4.78 is 13.5. The Balaban J connectivity index is 0.762. The lowest BCUT2D eigenvalue weighted by atomic mass is 9.92. The highest BCUT2D eigenvalue weighted by molar-refractivity contribution is 6.12. The molecule has 90 heavy (non-hydrogen) atoms. The molecule has 0 spiro atoms. The second-order valence-corrected chi connectivity index (χ2v) is 23.2. The summed E-state index contributed by atoms with van der Waals surface area (Å²) in [5, 5.41) is 8.99. The molecule has 4 heteroatoms. The summed E-state index contributed by atoms with van der Waals surface area (Å²) >= 11 is 0. The molecule has 2 aromatic heterocycles. The minimum absolute atomic E-state index is 0.820. The first-order valence-electron chi connectivity index (χ1n) is 30.7. The van der Waals surface area contributed by atoms with E-state index in [0.29, 0.717) is 0 Å². The van der Waals surface area contributed by atoms with Crippen molar-refractivity contribution in [3.63, 3.8) is 0 Å². The van der Waals surface area contributed by atoms with E-state index in [-0.39, 0.29) is 0 Å². The van der Waals surface area contributed by atoms with Crippen molar-refractivity contribution in [1.29, 1.82) is 0 Å². The topological polar surface area (TPSA) is 32.8 Å². The minimum atomic E-state index is 0.820. The van der Waals surface area contributed by atoms with E-state index in [1.165, 1.54) is 21.9 Å². The molecule has 0 bridgehead atoms. The molecule has 0 aliphatic rings. The molecule has 0 amide bonds.